The Labute approximate surface area is 151 Å². The van der Waals surface area contributed by atoms with Crippen LogP contribution in [-0.2, 0) is 14.3 Å². The van der Waals surface area contributed by atoms with Crippen LogP contribution in [0.4, 0.5) is 4.79 Å². The van der Waals surface area contributed by atoms with Crippen molar-refractivity contribution in [1.82, 2.24) is 9.80 Å². The Morgan fingerprint density at radius 2 is 1.76 bits per heavy atom. The van der Waals surface area contributed by atoms with Crippen LogP contribution in [-0.4, -0.2) is 66.8 Å². The Hall–Kier alpha value is -1.30. The highest BCUT2D eigenvalue weighted by atomic mass is 16.6. The van der Waals surface area contributed by atoms with E-state index in [1.165, 1.54) is 20.0 Å². The lowest BCUT2D eigenvalue weighted by Gasteiger charge is -2.37. The molecular formula is C19H34N2O4. The van der Waals surface area contributed by atoms with Crippen molar-refractivity contribution in [1.29, 1.82) is 0 Å². The first kappa shape index (κ1) is 20.0. The van der Waals surface area contributed by atoms with Crippen LogP contribution in [0.1, 0.15) is 53.9 Å². The number of methoxy groups -OCH3 is 1. The lowest BCUT2D eigenvalue weighted by atomic mass is 9.82. The standard InChI is InChI=1S/C19H34N2O4/c1-18(2,3)25-17(23)21-13-14(11-15(21)16(22)24-6)12-20-9-7-19(4,5)8-10-20/h14-15H,7-13H2,1-6H3. The van der Waals surface area contributed by atoms with Gasteiger partial charge in [-0.1, -0.05) is 13.8 Å². The van der Waals surface area contributed by atoms with E-state index in [-0.39, 0.29) is 11.9 Å². The summed E-state index contributed by atoms with van der Waals surface area (Å²) >= 11 is 0. The number of hydrogen-bond donors (Lipinski definition) is 0. The average Bonchev–Trinajstić information content (AvgIpc) is 2.91. The topological polar surface area (TPSA) is 59.1 Å². The van der Waals surface area contributed by atoms with Gasteiger partial charge in [-0.2, -0.15) is 0 Å². The van der Waals surface area contributed by atoms with Crippen molar-refractivity contribution in [3.63, 3.8) is 0 Å². The molecule has 6 heteroatoms. The van der Waals surface area contributed by atoms with Crippen LogP contribution in [0.3, 0.4) is 0 Å². The van der Waals surface area contributed by atoms with Gasteiger partial charge in [-0.25, -0.2) is 9.59 Å². The molecule has 2 aliphatic rings. The molecule has 144 valence electrons. The molecule has 0 radical (unpaired) electrons. The fraction of sp³-hybridized carbons (Fsp3) is 0.895. The number of likely N-dealkylation sites (tertiary alicyclic amines) is 2. The van der Waals surface area contributed by atoms with Crippen LogP contribution in [0.15, 0.2) is 0 Å². The summed E-state index contributed by atoms with van der Waals surface area (Å²) < 4.78 is 10.4. The largest absolute Gasteiger partial charge is 0.467 e. The number of ether oxygens (including phenoxy) is 2. The third-order valence-electron chi connectivity index (χ3n) is 5.21. The molecule has 25 heavy (non-hydrogen) atoms. The van der Waals surface area contributed by atoms with Crippen LogP contribution >= 0.6 is 0 Å². The molecule has 2 atom stereocenters. The molecule has 2 rings (SSSR count). The third kappa shape index (κ3) is 5.59. The Morgan fingerprint density at radius 1 is 1.16 bits per heavy atom. The van der Waals surface area contributed by atoms with E-state index in [0.29, 0.717) is 18.4 Å². The number of nitrogens with zero attached hydrogens (tertiary/aromatic N) is 2. The first-order valence-corrected chi connectivity index (χ1v) is 9.30. The van der Waals surface area contributed by atoms with Gasteiger partial charge in [0.2, 0.25) is 0 Å². The van der Waals surface area contributed by atoms with Crippen molar-refractivity contribution >= 4 is 12.1 Å². The Bertz CT molecular complexity index is 488. The molecule has 2 saturated heterocycles. The van der Waals surface area contributed by atoms with Gasteiger partial charge in [0, 0.05) is 13.1 Å². The zero-order valence-electron chi connectivity index (χ0n) is 16.6. The van der Waals surface area contributed by atoms with Crippen LogP contribution in [0.25, 0.3) is 0 Å². The van der Waals surface area contributed by atoms with Crippen molar-refractivity contribution < 1.29 is 19.1 Å². The summed E-state index contributed by atoms with van der Waals surface area (Å²) in [5.74, 6) is -0.0778. The highest BCUT2D eigenvalue weighted by Crippen LogP contribution is 2.32. The van der Waals surface area contributed by atoms with Crippen LogP contribution < -0.4 is 0 Å². The molecule has 2 heterocycles. The second kappa shape index (κ2) is 7.52. The van der Waals surface area contributed by atoms with Gasteiger partial charge in [-0.3, -0.25) is 4.90 Å². The highest BCUT2D eigenvalue weighted by molar-refractivity contribution is 5.82. The fourth-order valence-electron chi connectivity index (χ4n) is 3.64. The summed E-state index contributed by atoms with van der Waals surface area (Å²) in [6, 6.07) is -0.536. The molecule has 1 amide bonds. The predicted octanol–water partition coefficient (Wildman–Crippen LogP) is 2.91. The molecule has 0 aromatic carbocycles. The monoisotopic (exact) mass is 354 g/mol. The van der Waals surface area contributed by atoms with Crippen molar-refractivity contribution in [3.8, 4) is 0 Å². The summed E-state index contributed by atoms with van der Waals surface area (Å²) in [6.45, 7) is 13.8. The minimum Gasteiger partial charge on any atom is -0.467 e. The molecule has 0 saturated carbocycles. The third-order valence-corrected chi connectivity index (χ3v) is 5.21. The summed E-state index contributed by atoms with van der Waals surface area (Å²) in [4.78, 5) is 28.6. The van der Waals surface area contributed by atoms with Crippen molar-refractivity contribution in [2.24, 2.45) is 11.3 Å². The number of esters is 1. The van der Waals surface area contributed by atoms with Gasteiger partial charge in [0.05, 0.1) is 7.11 Å². The van der Waals surface area contributed by atoms with E-state index >= 15 is 0 Å². The summed E-state index contributed by atoms with van der Waals surface area (Å²) in [7, 11) is 1.37. The van der Waals surface area contributed by atoms with E-state index in [1.807, 2.05) is 20.8 Å². The van der Waals surface area contributed by atoms with Crippen molar-refractivity contribution in [2.45, 2.75) is 65.5 Å². The lowest BCUT2D eigenvalue weighted by molar-refractivity contribution is -0.145. The highest BCUT2D eigenvalue weighted by Gasteiger charge is 2.42. The van der Waals surface area contributed by atoms with Gasteiger partial charge in [0.25, 0.3) is 0 Å². The van der Waals surface area contributed by atoms with Gasteiger partial charge in [-0.15, -0.1) is 0 Å². The van der Waals surface area contributed by atoms with Gasteiger partial charge in [0.15, 0.2) is 0 Å². The van der Waals surface area contributed by atoms with Crippen molar-refractivity contribution in [3.05, 3.63) is 0 Å². The summed E-state index contributed by atoms with van der Waals surface area (Å²) in [6.07, 6.45) is 2.60. The average molecular weight is 354 g/mol. The van der Waals surface area contributed by atoms with Gasteiger partial charge in [0.1, 0.15) is 11.6 Å². The molecule has 2 fully saturated rings. The minimum absolute atomic E-state index is 0.276. The quantitative estimate of drug-likeness (QED) is 0.730. The maximum absolute atomic E-state index is 12.5. The number of hydrogen-bond acceptors (Lipinski definition) is 5. The number of rotatable bonds is 3. The molecule has 0 aliphatic carbocycles. The molecule has 2 unspecified atom stereocenters. The molecule has 0 spiro atoms. The molecule has 2 aliphatic heterocycles. The number of amides is 1. The molecule has 6 nitrogen and oxygen atoms in total. The summed E-state index contributed by atoms with van der Waals surface area (Å²) in [5, 5.41) is 0. The first-order chi connectivity index (χ1) is 11.5. The normalized spacial score (nSPS) is 27.2. The zero-order chi connectivity index (χ0) is 18.8. The van der Waals surface area contributed by atoms with E-state index in [2.05, 4.69) is 18.7 Å². The molecule has 0 aromatic heterocycles. The predicted molar refractivity (Wildman–Crippen MR) is 96.3 cm³/mol. The molecule has 0 N–H and O–H groups in total. The van der Waals surface area contributed by atoms with Gasteiger partial charge >= 0.3 is 12.1 Å². The second-order valence-corrected chi connectivity index (χ2v) is 9.24. The smallest absolute Gasteiger partial charge is 0.411 e. The number of carbonyl (C=O) groups excluding carboxylic acids is 2. The van der Waals surface area contributed by atoms with E-state index in [1.54, 1.807) is 4.90 Å². The Morgan fingerprint density at radius 3 is 2.28 bits per heavy atom. The molecular weight excluding hydrogens is 320 g/mol. The first-order valence-electron chi connectivity index (χ1n) is 9.30. The van der Waals surface area contributed by atoms with Crippen LogP contribution in [0, 0.1) is 11.3 Å². The summed E-state index contributed by atoms with van der Waals surface area (Å²) in [5.41, 5.74) is -0.155. The van der Waals surface area contributed by atoms with Crippen molar-refractivity contribution in [2.75, 3.05) is 33.3 Å². The Kier molecular flexibility index (Phi) is 6.02. The zero-order valence-corrected chi connectivity index (χ0v) is 16.6. The lowest BCUT2D eigenvalue weighted by Crippen LogP contribution is -2.44. The minimum atomic E-state index is -0.575. The van der Waals surface area contributed by atoms with Crippen LogP contribution in [0.2, 0.25) is 0 Å². The maximum atomic E-state index is 12.5. The van der Waals surface area contributed by atoms with E-state index < -0.39 is 17.7 Å². The fourth-order valence-corrected chi connectivity index (χ4v) is 3.64. The SMILES string of the molecule is COC(=O)C1CC(CN2CCC(C)(C)CC2)CN1C(=O)OC(C)(C)C. The second-order valence-electron chi connectivity index (χ2n) is 9.24. The van der Waals surface area contributed by atoms with Crippen LogP contribution in [0.5, 0.6) is 0 Å². The van der Waals surface area contributed by atoms with E-state index in [9.17, 15) is 9.59 Å². The number of carbonyl (C=O) groups is 2. The number of piperidine rings is 1. The van der Waals surface area contributed by atoms with Gasteiger partial charge < -0.3 is 14.4 Å². The molecule has 0 aromatic rings. The maximum Gasteiger partial charge on any atom is 0.411 e. The van der Waals surface area contributed by atoms with Gasteiger partial charge in [-0.05, 0) is 64.5 Å². The Balaban J connectivity index is 1.98. The molecule has 0 bridgehead atoms. The van der Waals surface area contributed by atoms with E-state index in [4.69, 9.17) is 9.47 Å². The van der Waals surface area contributed by atoms with E-state index in [0.717, 1.165) is 19.6 Å².